The van der Waals surface area contributed by atoms with Crippen molar-refractivity contribution in [1.29, 1.82) is 0 Å². The number of amides is 1. The predicted octanol–water partition coefficient (Wildman–Crippen LogP) is 3.42. The minimum atomic E-state index is -1.09. The lowest BCUT2D eigenvalue weighted by molar-refractivity contribution is 0.0697. The normalized spacial score (nSPS) is 10.6. The van der Waals surface area contributed by atoms with Crippen molar-refractivity contribution in [3.63, 3.8) is 0 Å². The third kappa shape index (κ3) is 3.90. The molecule has 30 heavy (non-hydrogen) atoms. The molecule has 4 aromatic rings. The van der Waals surface area contributed by atoms with Gasteiger partial charge in [0.1, 0.15) is 11.5 Å². The van der Waals surface area contributed by atoms with E-state index in [0.717, 1.165) is 0 Å². The summed E-state index contributed by atoms with van der Waals surface area (Å²) in [5, 5.41) is 20.2. The van der Waals surface area contributed by atoms with E-state index >= 15 is 0 Å². The number of carboxylic acids is 1. The van der Waals surface area contributed by atoms with E-state index in [1.807, 2.05) is 0 Å². The second-order valence-electron chi connectivity index (χ2n) is 6.29. The molecule has 2 aromatic carbocycles. The summed E-state index contributed by atoms with van der Waals surface area (Å²) in [5.74, 6) is -1.89. The first-order valence-electron chi connectivity index (χ1n) is 8.78. The van der Waals surface area contributed by atoms with Gasteiger partial charge in [0.2, 0.25) is 0 Å². The first-order chi connectivity index (χ1) is 14.5. The molecule has 0 aliphatic heterocycles. The molecule has 2 heterocycles. The topological polar surface area (TPSA) is 110 Å². The van der Waals surface area contributed by atoms with Crippen LogP contribution in [0.15, 0.2) is 73.2 Å². The highest BCUT2D eigenvalue weighted by molar-refractivity contribution is 6.04. The summed E-state index contributed by atoms with van der Waals surface area (Å²) in [6, 6.07) is 13.5. The molecule has 2 N–H and O–H groups in total. The van der Waals surface area contributed by atoms with Crippen molar-refractivity contribution in [1.82, 2.24) is 20.0 Å². The molecule has 0 spiro atoms. The Kier molecular flexibility index (Phi) is 5.00. The molecule has 0 unspecified atom stereocenters. The van der Waals surface area contributed by atoms with E-state index in [-0.39, 0.29) is 11.5 Å². The molecule has 2 aromatic heterocycles. The zero-order valence-electron chi connectivity index (χ0n) is 15.4. The molecule has 8 nitrogen and oxygen atoms in total. The Labute approximate surface area is 169 Å². The summed E-state index contributed by atoms with van der Waals surface area (Å²) in [5.41, 5.74) is 2.19. The van der Waals surface area contributed by atoms with Crippen molar-refractivity contribution < 1.29 is 19.1 Å². The van der Waals surface area contributed by atoms with E-state index < -0.39 is 11.8 Å². The van der Waals surface area contributed by atoms with Gasteiger partial charge < -0.3 is 10.4 Å². The number of anilines is 1. The fourth-order valence-corrected chi connectivity index (χ4v) is 2.83. The molecule has 9 heteroatoms. The van der Waals surface area contributed by atoms with Crippen LogP contribution in [-0.4, -0.2) is 37.0 Å². The zero-order chi connectivity index (χ0) is 21.1. The van der Waals surface area contributed by atoms with Crippen LogP contribution in [0.5, 0.6) is 0 Å². The Hall–Kier alpha value is -4.40. The van der Waals surface area contributed by atoms with Gasteiger partial charge in [0, 0.05) is 29.2 Å². The Morgan fingerprint density at radius 1 is 1.07 bits per heavy atom. The van der Waals surface area contributed by atoms with Gasteiger partial charge in [-0.3, -0.25) is 9.78 Å². The number of hydrogen-bond donors (Lipinski definition) is 2. The summed E-state index contributed by atoms with van der Waals surface area (Å²) in [4.78, 5) is 27.7. The Balaban J connectivity index is 1.59. The van der Waals surface area contributed by atoms with E-state index in [0.29, 0.717) is 28.2 Å². The van der Waals surface area contributed by atoms with Gasteiger partial charge in [-0.2, -0.15) is 0 Å². The predicted molar refractivity (Wildman–Crippen MR) is 106 cm³/mol. The fraction of sp³-hybridized carbons (Fsp3) is 0. The Bertz CT molecular complexity index is 1240. The molecular weight excluding hydrogens is 389 g/mol. The molecule has 0 atom stereocenters. The molecule has 4 rings (SSSR count). The number of carbonyl (C=O) groups is 2. The van der Waals surface area contributed by atoms with Gasteiger partial charge >= 0.3 is 5.97 Å². The van der Waals surface area contributed by atoms with Crippen molar-refractivity contribution in [2.45, 2.75) is 0 Å². The third-order valence-corrected chi connectivity index (χ3v) is 4.30. The number of rotatable bonds is 5. The van der Waals surface area contributed by atoms with E-state index in [1.54, 1.807) is 30.5 Å². The average molecular weight is 403 g/mol. The van der Waals surface area contributed by atoms with Crippen molar-refractivity contribution in [3.8, 4) is 16.9 Å². The van der Waals surface area contributed by atoms with Crippen molar-refractivity contribution >= 4 is 17.6 Å². The molecule has 0 fully saturated rings. The minimum Gasteiger partial charge on any atom is -0.478 e. The van der Waals surface area contributed by atoms with E-state index in [1.165, 1.54) is 47.4 Å². The number of halogens is 1. The van der Waals surface area contributed by atoms with Crippen LogP contribution in [0.25, 0.3) is 16.9 Å². The number of carbonyl (C=O) groups excluding carboxylic acids is 1. The number of nitrogens with one attached hydrogen (secondary N) is 1. The summed E-state index contributed by atoms with van der Waals surface area (Å²) in [6.07, 6.45) is 4.38. The zero-order valence-corrected chi connectivity index (χ0v) is 15.4. The lowest BCUT2D eigenvalue weighted by Gasteiger charge is -2.07. The van der Waals surface area contributed by atoms with Crippen LogP contribution in [0.2, 0.25) is 0 Å². The van der Waals surface area contributed by atoms with Crippen LogP contribution in [-0.2, 0) is 0 Å². The summed E-state index contributed by atoms with van der Waals surface area (Å²) in [7, 11) is 0. The van der Waals surface area contributed by atoms with Crippen LogP contribution in [0.4, 0.5) is 10.1 Å². The number of nitrogens with zero attached hydrogens (tertiary/aromatic N) is 4. The van der Waals surface area contributed by atoms with Gasteiger partial charge in [-0.25, -0.2) is 13.9 Å². The van der Waals surface area contributed by atoms with E-state index in [4.69, 9.17) is 0 Å². The molecule has 0 radical (unpaired) electrons. The number of aromatic nitrogens is 4. The Morgan fingerprint density at radius 3 is 2.63 bits per heavy atom. The fourth-order valence-electron chi connectivity index (χ4n) is 2.83. The summed E-state index contributed by atoms with van der Waals surface area (Å²) in [6.45, 7) is 0. The quantitative estimate of drug-likeness (QED) is 0.528. The minimum absolute atomic E-state index is 0.0670. The standard InChI is InChI=1S/C21H14FN5O3/c22-14-6-4-13(5-7-14)20(28)24-15-2-1-3-16(10-15)27-12-19(25-26-27)18-11-23-9-8-17(18)21(29)30/h1-12H,(H,24,28)(H,29,30). The Morgan fingerprint density at radius 2 is 1.87 bits per heavy atom. The molecule has 148 valence electrons. The lowest BCUT2D eigenvalue weighted by Crippen LogP contribution is -2.12. The van der Waals surface area contributed by atoms with Gasteiger partial charge in [0.15, 0.2) is 0 Å². The second kappa shape index (κ2) is 7.92. The van der Waals surface area contributed by atoms with Crippen LogP contribution in [0.1, 0.15) is 20.7 Å². The molecule has 0 saturated heterocycles. The van der Waals surface area contributed by atoms with Gasteiger partial charge in [0.05, 0.1) is 17.4 Å². The van der Waals surface area contributed by atoms with Crippen molar-refractivity contribution in [2.24, 2.45) is 0 Å². The van der Waals surface area contributed by atoms with Crippen LogP contribution in [0, 0.1) is 5.82 Å². The smallest absolute Gasteiger partial charge is 0.336 e. The summed E-state index contributed by atoms with van der Waals surface area (Å²) >= 11 is 0. The van der Waals surface area contributed by atoms with Gasteiger partial charge in [-0.15, -0.1) is 5.10 Å². The largest absolute Gasteiger partial charge is 0.478 e. The molecule has 0 aliphatic rings. The van der Waals surface area contributed by atoms with Gasteiger partial charge in [-0.1, -0.05) is 11.3 Å². The van der Waals surface area contributed by atoms with Crippen LogP contribution >= 0.6 is 0 Å². The maximum atomic E-state index is 13.0. The molecule has 1 amide bonds. The van der Waals surface area contributed by atoms with E-state index in [9.17, 15) is 19.1 Å². The average Bonchev–Trinajstić information content (AvgIpc) is 3.24. The molecular formula is C21H14FN5O3. The highest BCUT2D eigenvalue weighted by Crippen LogP contribution is 2.22. The molecule has 0 aliphatic carbocycles. The number of carboxylic acid groups (broad SMARTS) is 1. The number of benzene rings is 2. The van der Waals surface area contributed by atoms with E-state index in [2.05, 4.69) is 20.6 Å². The number of pyridine rings is 1. The van der Waals surface area contributed by atoms with Crippen molar-refractivity contribution in [2.75, 3.05) is 5.32 Å². The van der Waals surface area contributed by atoms with Crippen LogP contribution in [0.3, 0.4) is 0 Å². The number of aromatic carboxylic acids is 1. The molecule has 0 bridgehead atoms. The number of hydrogen-bond acceptors (Lipinski definition) is 5. The van der Waals surface area contributed by atoms with Gasteiger partial charge in [-0.05, 0) is 48.5 Å². The maximum absolute atomic E-state index is 13.0. The summed E-state index contributed by atoms with van der Waals surface area (Å²) < 4.78 is 14.5. The highest BCUT2D eigenvalue weighted by Gasteiger charge is 2.15. The first-order valence-corrected chi connectivity index (χ1v) is 8.78. The maximum Gasteiger partial charge on any atom is 0.336 e. The first kappa shape index (κ1) is 18.9. The highest BCUT2D eigenvalue weighted by atomic mass is 19.1. The SMILES string of the molecule is O=C(Nc1cccc(-n2cc(-c3cnccc3C(=O)O)nn2)c1)c1ccc(F)cc1. The van der Waals surface area contributed by atoms with Crippen molar-refractivity contribution in [3.05, 3.63) is 90.1 Å². The van der Waals surface area contributed by atoms with Gasteiger partial charge in [0.25, 0.3) is 5.91 Å². The third-order valence-electron chi connectivity index (χ3n) is 4.30. The second-order valence-corrected chi connectivity index (χ2v) is 6.29. The monoisotopic (exact) mass is 403 g/mol. The lowest BCUT2D eigenvalue weighted by atomic mass is 10.1. The van der Waals surface area contributed by atoms with Crippen LogP contribution < -0.4 is 5.32 Å². The molecule has 0 saturated carbocycles.